The van der Waals surface area contributed by atoms with Crippen molar-refractivity contribution in [2.45, 2.75) is 39.2 Å². The molecule has 1 aromatic rings. The summed E-state index contributed by atoms with van der Waals surface area (Å²) in [7, 11) is 0. The molecule has 2 atom stereocenters. The summed E-state index contributed by atoms with van der Waals surface area (Å²) in [5, 5.41) is 0. The summed E-state index contributed by atoms with van der Waals surface area (Å²) in [5.74, 6) is 2.32. The molecule has 0 aliphatic heterocycles. The Morgan fingerprint density at radius 1 is 1.33 bits per heavy atom. The number of rotatable bonds is 9. The first kappa shape index (κ1) is 18.1. The van der Waals surface area contributed by atoms with Crippen molar-refractivity contribution < 1.29 is 9.53 Å². The highest BCUT2D eigenvalue weighted by Crippen LogP contribution is 2.26. The minimum Gasteiger partial charge on any atom is -0.464 e. The van der Waals surface area contributed by atoms with E-state index in [1.54, 1.807) is 6.92 Å². The largest absolute Gasteiger partial charge is 0.464 e. The lowest BCUT2D eigenvalue weighted by Gasteiger charge is -2.27. The highest BCUT2D eigenvalue weighted by atomic mass is 32.2. The Bertz CT molecular complexity index is 424. The summed E-state index contributed by atoms with van der Waals surface area (Å²) in [6, 6.07) is 9.53. The van der Waals surface area contributed by atoms with Gasteiger partial charge in [0.1, 0.15) is 5.54 Å². The molecule has 0 radical (unpaired) electrons. The molecular weight excluding hydrogens is 282 g/mol. The second kappa shape index (κ2) is 9.11. The summed E-state index contributed by atoms with van der Waals surface area (Å²) in [4.78, 5) is 12.3. The van der Waals surface area contributed by atoms with E-state index in [0.29, 0.717) is 18.9 Å². The number of carbonyl (C=O) groups excluding carboxylic acids is 1. The molecule has 118 valence electrons. The Labute approximate surface area is 132 Å². The van der Waals surface area contributed by atoms with Crippen molar-refractivity contribution in [1.29, 1.82) is 0 Å². The summed E-state index contributed by atoms with van der Waals surface area (Å²) in [6.07, 6.45) is 1.77. The van der Waals surface area contributed by atoms with E-state index >= 15 is 0 Å². The average Bonchev–Trinajstić information content (AvgIpc) is 2.52. The van der Waals surface area contributed by atoms with Crippen molar-refractivity contribution in [3.05, 3.63) is 35.9 Å². The highest BCUT2D eigenvalue weighted by Gasteiger charge is 2.37. The van der Waals surface area contributed by atoms with Crippen LogP contribution in [0.25, 0.3) is 0 Å². The number of benzene rings is 1. The van der Waals surface area contributed by atoms with Gasteiger partial charge < -0.3 is 10.5 Å². The smallest absolute Gasteiger partial charge is 0.330 e. The van der Waals surface area contributed by atoms with Crippen molar-refractivity contribution >= 4 is 17.7 Å². The Morgan fingerprint density at radius 3 is 2.57 bits per heavy atom. The SMILES string of the molecule is CCOC(=O)C(N)(CCSCC(C)CC)c1ccccc1. The zero-order valence-electron chi connectivity index (χ0n) is 13.3. The third-order valence-corrected chi connectivity index (χ3v) is 4.97. The molecule has 0 aliphatic rings. The maximum Gasteiger partial charge on any atom is 0.330 e. The number of carbonyl (C=O) groups is 1. The van der Waals surface area contributed by atoms with E-state index in [0.717, 1.165) is 17.1 Å². The van der Waals surface area contributed by atoms with Gasteiger partial charge in [0.2, 0.25) is 0 Å². The lowest BCUT2D eigenvalue weighted by molar-refractivity contribution is -0.150. The van der Waals surface area contributed by atoms with Crippen LogP contribution in [-0.4, -0.2) is 24.1 Å². The molecular formula is C17H27NO2S. The summed E-state index contributed by atoms with van der Waals surface area (Å²) in [6.45, 7) is 6.60. The first-order valence-electron chi connectivity index (χ1n) is 7.64. The fourth-order valence-electron chi connectivity index (χ4n) is 2.00. The standard InChI is InChI=1S/C17H27NO2S/c1-4-14(3)13-21-12-11-17(18,16(19)20-5-2)15-9-7-6-8-10-15/h6-10,14H,4-5,11-13,18H2,1-3H3. The number of thioether (sulfide) groups is 1. The van der Waals surface area contributed by atoms with Crippen molar-refractivity contribution in [3.63, 3.8) is 0 Å². The van der Waals surface area contributed by atoms with E-state index < -0.39 is 5.54 Å². The molecule has 3 nitrogen and oxygen atoms in total. The highest BCUT2D eigenvalue weighted by molar-refractivity contribution is 7.99. The molecule has 1 rings (SSSR count). The molecule has 0 saturated heterocycles. The number of ether oxygens (including phenoxy) is 1. The molecule has 0 aliphatic carbocycles. The van der Waals surface area contributed by atoms with Crippen LogP contribution >= 0.6 is 11.8 Å². The van der Waals surface area contributed by atoms with Gasteiger partial charge in [0, 0.05) is 0 Å². The van der Waals surface area contributed by atoms with Crippen molar-refractivity contribution in [2.24, 2.45) is 11.7 Å². The van der Waals surface area contributed by atoms with Crippen molar-refractivity contribution in [1.82, 2.24) is 0 Å². The van der Waals surface area contributed by atoms with Crippen molar-refractivity contribution in [2.75, 3.05) is 18.1 Å². The summed E-state index contributed by atoms with van der Waals surface area (Å²) in [5.41, 5.74) is 6.19. The molecule has 1 aromatic carbocycles. The molecule has 2 unspecified atom stereocenters. The maximum absolute atomic E-state index is 12.3. The van der Waals surface area contributed by atoms with Crippen LogP contribution in [-0.2, 0) is 15.1 Å². The van der Waals surface area contributed by atoms with Gasteiger partial charge in [-0.15, -0.1) is 0 Å². The van der Waals surface area contributed by atoms with Gasteiger partial charge in [0.25, 0.3) is 0 Å². The van der Waals surface area contributed by atoms with Gasteiger partial charge in [-0.25, -0.2) is 4.79 Å². The van der Waals surface area contributed by atoms with Crippen LogP contribution in [0.5, 0.6) is 0 Å². The Hall–Kier alpha value is -1.00. The van der Waals surface area contributed by atoms with E-state index in [1.165, 1.54) is 6.42 Å². The molecule has 0 amide bonds. The topological polar surface area (TPSA) is 52.3 Å². The van der Waals surface area contributed by atoms with Crippen LogP contribution < -0.4 is 5.73 Å². The molecule has 0 heterocycles. The number of hydrogen-bond donors (Lipinski definition) is 1. The van der Waals surface area contributed by atoms with Gasteiger partial charge in [-0.1, -0.05) is 50.6 Å². The second-order valence-electron chi connectivity index (χ2n) is 5.40. The fourth-order valence-corrected chi connectivity index (χ4v) is 3.27. The lowest BCUT2D eigenvalue weighted by atomic mass is 9.88. The average molecular weight is 309 g/mol. The van der Waals surface area contributed by atoms with Gasteiger partial charge in [-0.3, -0.25) is 0 Å². The summed E-state index contributed by atoms with van der Waals surface area (Å²) < 4.78 is 5.19. The van der Waals surface area contributed by atoms with Crippen LogP contribution in [0.15, 0.2) is 30.3 Å². The van der Waals surface area contributed by atoms with Crippen LogP contribution in [0, 0.1) is 5.92 Å². The molecule has 0 spiro atoms. The first-order chi connectivity index (χ1) is 10.0. The fraction of sp³-hybridized carbons (Fsp3) is 0.588. The van der Waals surface area contributed by atoms with Gasteiger partial charge in [0.05, 0.1) is 6.61 Å². The van der Waals surface area contributed by atoms with Gasteiger partial charge >= 0.3 is 5.97 Å². The number of hydrogen-bond acceptors (Lipinski definition) is 4. The van der Waals surface area contributed by atoms with E-state index in [2.05, 4.69) is 13.8 Å². The van der Waals surface area contributed by atoms with E-state index in [-0.39, 0.29) is 5.97 Å². The Morgan fingerprint density at radius 2 is 2.00 bits per heavy atom. The van der Waals surface area contributed by atoms with Crippen molar-refractivity contribution in [3.8, 4) is 0 Å². The predicted molar refractivity (Wildman–Crippen MR) is 90.3 cm³/mol. The minimum atomic E-state index is -1.04. The third-order valence-electron chi connectivity index (χ3n) is 3.67. The lowest BCUT2D eigenvalue weighted by Crippen LogP contribution is -2.46. The monoisotopic (exact) mass is 309 g/mol. The van der Waals surface area contributed by atoms with Crippen LogP contribution in [0.2, 0.25) is 0 Å². The predicted octanol–water partition coefficient (Wildman–Crippen LogP) is 3.57. The second-order valence-corrected chi connectivity index (χ2v) is 6.55. The zero-order chi connectivity index (χ0) is 15.7. The third kappa shape index (κ3) is 5.36. The van der Waals surface area contributed by atoms with E-state index in [4.69, 9.17) is 10.5 Å². The minimum absolute atomic E-state index is 0.333. The van der Waals surface area contributed by atoms with E-state index in [9.17, 15) is 4.79 Å². The molecule has 4 heteroatoms. The molecule has 21 heavy (non-hydrogen) atoms. The molecule has 2 N–H and O–H groups in total. The number of nitrogens with two attached hydrogens (primary N) is 1. The summed E-state index contributed by atoms with van der Waals surface area (Å²) >= 11 is 1.86. The normalized spacial score (nSPS) is 15.2. The molecule has 0 bridgehead atoms. The van der Waals surface area contributed by atoms with Gasteiger partial charge in [-0.2, -0.15) is 11.8 Å². The maximum atomic E-state index is 12.3. The Kier molecular flexibility index (Phi) is 7.83. The van der Waals surface area contributed by atoms with E-state index in [1.807, 2.05) is 42.1 Å². The first-order valence-corrected chi connectivity index (χ1v) is 8.79. The zero-order valence-corrected chi connectivity index (χ0v) is 14.1. The van der Waals surface area contributed by atoms with Crippen LogP contribution in [0.4, 0.5) is 0 Å². The van der Waals surface area contributed by atoms with Crippen LogP contribution in [0.3, 0.4) is 0 Å². The quantitative estimate of drug-likeness (QED) is 0.559. The van der Waals surface area contributed by atoms with Crippen LogP contribution in [0.1, 0.15) is 39.2 Å². The van der Waals surface area contributed by atoms with Gasteiger partial charge in [0.15, 0.2) is 0 Å². The molecule has 0 saturated carbocycles. The Balaban J connectivity index is 2.72. The molecule has 0 fully saturated rings. The number of esters is 1. The van der Waals surface area contributed by atoms with Gasteiger partial charge in [-0.05, 0) is 36.3 Å². The molecule has 0 aromatic heterocycles.